The number of aromatic amines is 1. The molecular formula is C15H14N4O3. The number of carbonyl (C=O) groups excluding carboxylic acids is 1. The molecule has 0 aliphatic carbocycles. The van der Waals surface area contributed by atoms with E-state index in [1.165, 1.54) is 10.6 Å². The monoisotopic (exact) mass is 298 g/mol. The van der Waals surface area contributed by atoms with Gasteiger partial charge in [-0.1, -0.05) is 12.1 Å². The first-order valence-corrected chi connectivity index (χ1v) is 6.75. The van der Waals surface area contributed by atoms with Crippen LogP contribution < -0.4 is 11.1 Å². The molecule has 0 aliphatic rings. The molecule has 7 heteroatoms. The van der Waals surface area contributed by atoms with Crippen LogP contribution in [0.3, 0.4) is 0 Å². The van der Waals surface area contributed by atoms with Crippen LogP contribution in [0.15, 0.2) is 39.9 Å². The number of para-hydroxylation sites is 1. The number of aromatic nitrogens is 4. The molecule has 0 saturated heterocycles. The van der Waals surface area contributed by atoms with Crippen molar-refractivity contribution in [3.05, 3.63) is 62.6 Å². The topological polar surface area (TPSA) is 89.8 Å². The molecule has 1 aromatic carbocycles. The maximum absolute atomic E-state index is 12.5. The molecule has 0 aliphatic heterocycles. The summed E-state index contributed by atoms with van der Waals surface area (Å²) in [5.74, 6) is -0.0891. The van der Waals surface area contributed by atoms with Gasteiger partial charge in [0.05, 0.1) is 10.9 Å². The van der Waals surface area contributed by atoms with E-state index in [0.29, 0.717) is 22.4 Å². The highest BCUT2D eigenvalue weighted by Gasteiger charge is 2.14. The van der Waals surface area contributed by atoms with Gasteiger partial charge in [-0.2, -0.15) is 4.68 Å². The number of rotatable bonds is 2. The number of benzene rings is 1. The summed E-state index contributed by atoms with van der Waals surface area (Å²) < 4.78 is 2.17. The van der Waals surface area contributed by atoms with Crippen LogP contribution in [0.1, 0.15) is 16.3 Å². The van der Waals surface area contributed by atoms with E-state index in [0.717, 1.165) is 4.68 Å². The van der Waals surface area contributed by atoms with E-state index < -0.39 is 11.5 Å². The lowest BCUT2D eigenvalue weighted by atomic mass is 10.2. The van der Waals surface area contributed by atoms with Gasteiger partial charge in [0.1, 0.15) is 12.4 Å². The van der Waals surface area contributed by atoms with Gasteiger partial charge < -0.3 is 0 Å². The van der Waals surface area contributed by atoms with E-state index in [2.05, 4.69) is 10.1 Å². The van der Waals surface area contributed by atoms with E-state index in [4.69, 9.17) is 0 Å². The van der Waals surface area contributed by atoms with Gasteiger partial charge >= 0.3 is 0 Å². The average Bonchev–Trinajstić information content (AvgIpc) is 2.82. The first kappa shape index (κ1) is 14.0. The summed E-state index contributed by atoms with van der Waals surface area (Å²) in [5.41, 5.74) is 0.426. The highest BCUT2D eigenvalue weighted by Crippen LogP contribution is 2.07. The third-order valence-electron chi connectivity index (χ3n) is 3.44. The van der Waals surface area contributed by atoms with Crippen LogP contribution in [0.25, 0.3) is 10.9 Å². The zero-order valence-electron chi connectivity index (χ0n) is 12.2. The summed E-state index contributed by atoms with van der Waals surface area (Å²) in [7, 11) is 0. The molecule has 0 amide bonds. The van der Waals surface area contributed by atoms with Crippen LogP contribution in [-0.2, 0) is 6.54 Å². The number of H-pyrrole nitrogens is 1. The number of nitrogens with one attached hydrogen (secondary N) is 1. The third-order valence-corrected chi connectivity index (χ3v) is 3.44. The summed E-state index contributed by atoms with van der Waals surface area (Å²) in [5, 5.41) is 3.10. The van der Waals surface area contributed by atoms with Crippen LogP contribution >= 0.6 is 0 Å². The minimum Gasteiger partial charge on any atom is -0.293 e. The van der Waals surface area contributed by atoms with E-state index in [-0.39, 0.29) is 12.1 Å². The molecule has 2 heterocycles. The lowest BCUT2D eigenvalue weighted by Crippen LogP contribution is -2.33. The molecule has 3 rings (SSSR count). The molecular weight excluding hydrogens is 284 g/mol. The first-order valence-electron chi connectivity index (χ1n) is 6.75. The molecule has 0 radical (unpaired) electrons. The maximum Gasteiger partial charge on any atom is 0.273 e. The van der Waals surface area contributed by atoms with Crippen molar-refractivity contribution in [3.8, 4) is 0 Å². The lowest BCUT2D eigenvalue weighted by molar-refractivity contribution is 0.0868. The molecule has 0 atom stereocenters. The largest absolute Gasteiger partial charge is 0.293 e. The van der Waals surface area contributed by atoms with Crippen molar-refractivity contribution in [2.24, 2.45) is 0 Å². The standard InChI is InChI=1S/C15H14N4O3/c1-9-7-13(20)19(17-9)14(21)8-18-10(2)16-12-6-4-3-5-11(12)15(18)22/h3-7,17H,8H2,1-2H3. The van der Waals surface area contributed by atoms with Gasteiger partial charge in [-0.15, -0.1) is 0 Å². The minimum atomic E-state index is -0.514. The first-order chi connectivity index (χ1) is 10.5. The summed E-state index contributed by atoms with van der Waals surface area (Å²) in [4.78, 5) is 40.7. The van der Waals surface area contributed by atoms with E-state index >= 15 is 0 Å². The van der Waals surface area contributed by atoms with Crippen molar-refractivity contribution in [3.63, 3.8) is 0 Å². The van der Waals surface area contributed by atoms with Crippen molar-refractivity contribution in [1.82, 2.24) is 19.3 Å². The molecule has 112 valence electrons. The molecule has 2 aromatic heterocycles. The van der Waals surface area contributed by atoms with Crippen LogP contribution in [-0.4, -0.2) is 25.2 Å². The summed E-state index contributed by atoms with van der Waals surface area (Å²) in [6, 6.07) is 8.27. The predicted octanol–water partition coefficient (Wildman–Crippen LogP) is 0.844. The van der Waals surface area contributed by atoms with Crippen LogP contribution in [0.4, 0.5) is 0 Å². The van der Waals surface area contributed by atoms with Gasteiger partial charge in [-0.3, -0.25) is 24.0 Å². The van der Waals surface area contributed by atoms with Gasteiger partial charge in [0.2, 0.25) is 0 Å². The normalized spacial score (nSPS) is 11.0. The summed E-state index contributed by atoms with van der Waals surface area (Å²) in [6.45, 7) is 3.09. The SMILES string of the molecule is Cc1cc(=O)n(C(=O)Cn2c(C)nc3ccccc3c2=O)[nH]1. The Morgan fingerprint density at radius 1 is 1.23 bits per heavy atom. The van der Waals surface area contributed by atoms with Gasteiger partial charge in [0.25, 0.3) is 17.0 Å². The maximum atomic E-state index is 12.5. The van der Waals surface area contributed by atoms with Gasteiger partial charge in [0, 0.05) is 11.8 Å². The molecule has 0 bridgehead atoms. The number of fused-ring (bicyclic) bond motifs is 1. The number of hydrogen-bond donors (Lipinski definition) is 1. The van der Waals surface area contributed by atoms with Crippen molar-refractivity contribution in [2.45, 2.75) is 20.4 Å². The fraction of sp³-hybridized carbons (Fsp3) is 0.200. The molecule has 0 saturated carbocycles. The Morgan fingerprint density at radius 2 is 1.95 bits per heavy atom. The fourth-order valence-electron chi connectivity index (χ4n) is 2.37. The summed E-state index contributed by atoms with van der Waals surface area (Å²) in [6.07, 6.45) is 0. The second kappa shape index (κ2) is 5.10. The van der Waals surface area contributed by atoms with Crippen LogP contribution in [0.5, 0.6) is 0 Å². The Morgan fingerprint density at radius 3 is 2.64 bits per heavy atom. The summed E-state index contributed by atoms with van der Waals surface area (Å²) >= 11 is 0. The van der Waals surface area contributed by atoms with Crippen LogP contribution in [0.2, 0.25) is 0 Å². The Kier molecular flexibility index (Phi) is 3.25. The fourth-order valence-corrected chi connectivity index (χ4v) is 2.37. The van der Waals surface area contributed by atoms with Crippen molar-refractivity contribution in [1.29, 1.82) is 0 Å². The Labute approximate surface area is 124 Å². The Balaban J connectivity index is 2.08. The quantitative estimate of drug-likeness (QED) is 0.759. The predicted molar refractivity (Wildman–Crippen MR) is 81.2 cm³/mol. The van der Waals surface area contributed by atoms with Gasteiger partial charge in [0.15, 0.2) is 0 Å². The Bertz CT molecular complexity index is 994. The van der Waals surface area contributed by atoms with E-state index in [9.17, 15) is 14.4 Å². The number of aryl methyl sites for hydroxylation is 2. The number of nitrogens with zero attached hydrogens (tertiary/aromatic N) is 3. The van der Waals surface area contributed by atoms with Crippen molar-refractivity contribution in [2.75, 3.05) is 0 Å². The average molecular weight is 298 g/mol. The minimum absolute atomic E-state index is 0.248. The van der Waals surface area contributed by atoms with Crippen LogP contribution in [0, 0.1) is 13.8 Å². The molecule has 7 nitrogen and oxygen atoms in total. The molecule has 3 aromatic rings. The number of hydrogen-bond acceptors (Lipinski definition) is 4. The van der Waals surface area contributed by atoms with Gasteiger partial charge in [-0.25, -0.2) is 4.98 Å². The molecule has 0 unspecified atom stereocenters. The van der Waals surface area contributed by atoms with Gasteiger partial charge in [-0.05, 0) is 26.0 Å². The molecule has 0 fully saturated rings. The number of carbonyl (C=O) groups is 1. The lowest BCUT2D eigenvalue weighted by Gasteiger charge is -2.10. The zero-order valence-corrected chi connectivity index (χ0v) is 12.2. The second-order valence-corrected chi connectivity index (χ2v) is 5.07. The third kappa shape index (κ3) is 2.26. The highest BCUT2D eigenvalue weighted by molar-refractivity contribution is 5.80. The Hall–Kier alpha value is -2.96. The zero-order chi connectivity index (χ0) is 15.9. The van der Waals surface area contributed by atoms with Crippen molar-refractivity contribution < 1.29 is 4.79 Å². The highest BCUT2D eigenvalue weighted by atomic mass is 16.2. The molecule has 22 heavy (non-hydrogen) atoms. The van der Waals surface area contributed by atoms with E-state index in [1.54, 1.807) is 38.1 Å². The second-order valence-electron chi connectivity index (χ2n) is 5.07. The molecule has 1 N–H and O–H groups in total. The van der Waals surface area contributed by atoms with Crippen molar-refractivity contribution >= 4 is 16.8 Å². The molecule has 0 spiro atoms. The smallest absolute Gasteiger partial charge is 0.273 e. The van der Waals surface area contributed by atoms with E-state index in [1.807, 2.05) is 0 Å².